The molecule has 0 aliphatic carbocycles. The number of hydrogen-bond acceptors (Lipinski definition) is 6. The van der Waals surface area contributed by atoms with Crippen molar-refractivity contribution in [2.75, 3.05) is 13.2 Å². The van der Waals surface area contributed by atoms with Crippen LogP contribution in [0, 0.1) is 0 Å². The number of carbonyl (C=O) groups is 1. The monoisotopic (exact) mass is 317 g/mol. The molecule has 0 atom stereocenters. The van der Waals surface area contributed by atoms with Gasteiger partial charge >= 0.3 is 12.4 Å². The molecule has 2 heterocycles. The van der Waals surface area contributed by atoms with Crippen LogP contribution in [0.1, 0.15) is 22.7 Å². The van der Waals surface area contributed by atoms with Crippen LogP contribution >= 0.6 is 0 Å². The van der Waals surface area contributed by atoms with Crippen LogP contribution in [0.4, 0.5) is 8.78 Å². The quantitative estimate of drug-likeness (QED) is 0.661. The van der Waals surface area contributed by atoms with Crippen molar-refractivity contribution in [1.82, 2.24) is 25.2 Å². The first-order valence-corrected chi connectivity index (χ1v) is 6.31. The number of rotatable bonds is 8. The minimum Gasteiger partial charge on any atom is -0.351 e. The van der Waals surface area contributed by atoms with E-state index in [1.54, 1.807) is 0 Å². The van der Waals surface area contributed by atoms with Crippen LogP contribution in [0.15, 0.2) is 21.6 Å². The van der Waals surface area contributed by atoms with Crippen molar-refractivity contribution in [3.8, 4) is 0 Å². The predicted octanol–water partition coefficient (Wildman–Crippen LogP) is -0.0332. The van der Waals surface area contributed by atoms with Crippen LogP contribution in [0.25, 0.3) is 0 Å². The zero-order valence-electron chi connectivity index (χ0n) is 11.3. The molecule has 0 aromatic carbocycles. The third-order valence-electron chi connectivity index (χ3n) is 2.52. The Morgan fingerprint density at radius 1 is 1.55 bits per heavy atom. The van der Waals surface area contributed by atoms with Gasteiger partial charge in [-0.2, -0.15) is 13.9 Å². The van der Waals surface area contributed by atoms with Gasteiger partial charge in [-0.1, -0.05) is 5.16 Å². The average Bonchev–Trinajstić information content (AvgIpc) is 3.08. The van der Waals surface area contributed by atoms with E-state index in [1.807, 2.05) is 0 Å². The fourth-order valence-corrected chi connectivity index (χ4v) is 1.59. The summed E-state index contributed by atoms with van der Waals surface area (Å²) < 4.78 is 33.2. The van der Waals surface area contributed by atoms with Crippen molar-refractivity contribution in [3.05, 3.63) is 34.3 Å². The Balaban J connectivity index is 1.78. The topological polar surface area (TPSA) is 115 Å². The highest BCUT2D eigenvalue weighted by Gasteiger charge is 2.10. The first kappa shape index (κ1) is 15.8. The molecule has 0 saturated heterocycles. The largest absolute Gasteiger partial charge is 0.438 e. The van der Waals surface area contributed by atoms with E-state index < -0.39 is 18.3 Å². The SMILES string of the molecule is O=C(NCCCOC(F)F)c1ccn(Cc2noc(=O)[nH]2)n1. The van der Waals surface area contributed by atoms with Crippen molar-refractivity contribution < 1.29 is 22.8 Å². The van der Waals surface area contributed by atoms with Crippen molar-refractivity contribution >= 4 is 5.91 Å². The second-order valence-corrected chi connectivity index (χ2v) is 4.18. The maximum absolute atomic E-state index is 11.7. The lowest BCUT2D eigenvalue weighted by Crippen LogP contribution is -2.26. The molecule has 22 heavy (non-hydrogen) atoms. The number of nitrogens with zero attached hydrogens (tertiary/aromatic N) is 3. The fraction of sp³-hybridized carbons (Fsp3) is 0.455. The van der Waals surface area contributed by atoms with Gasteiger partial charge in [0.25, 0.3) is 5.91 Å². The summed E-state index contributed by atoms with van der Waals surface area (Å²) in [6.07, 6.45) is 1.79. The Morgan fingerprint density at radius 3 is 3.05 bits per heavy atom. The molecular formula is C11H13F2N5O4. The summed E-state index contributed by atoms with van der Waals surface area (Å²) in [6, 6.07) is 1.48. The van der Waals surface area contributed by atoms with Gasteiger partial charge in [-0.15, -0.1) is 0 Å². The second-order valence-electron chi connectivity index (χ2n) is 4.18. The smallest absolute Gasteiger partial charge is 0.351 e. The molecule has 0 aliphatic heterocycles. The standard InChI is InChI=1S/C11H13F2N5O4/c12-10(13)21-5-1-3-14-9(19)7-2-4-18(16-7)6-8-15-11(20)22-17-8/h2,4,10H,1,3,5-6H2,(H,14,19)(H,15,17,20). The molecule has 120 valence electrons. The summed E-state index contributed by atoms with van der Waals surface area (Å²) in [5.74, 6) is -0.847. The number of hydrogen-bond donors (Lipinski definition) is 2. The van der Waals surface area contributed by atoms with E-state index in [9.17, 15) is 18.4 Å². The Morgan fingerprint density at radius 2 is 2.36 bits per heavy atom. The van der Waals surface area contributed by atoms with Gasteiger partial charge in [0.2, 0.25) is 0 Å². The van der Waals surface area contributed by atoms with E-state index in [2.05, 4.69) is 29.8 Å². The van der Waals surface area contributed by atoms with Crippen LogP contribution in [0.2, 0.25) is 0 Å². The number of carbonyl (C=O) groups excluding carboxylic acids is 1. The van der Waals surface area contributed by atoms with E-state index in [4.69, 9.17) is 0 Å². The lowest BCUT2D eigenvalue weighted by Gasteiger charge is -2.04. The summed E-state index contributed by atoms with van der Waals surface area (Å²) in [4.78, 5) is 24.9. The number of nitrogens with one attached hydrogen (secondary N) is 2. The summed E-state index contributed by atoms with van der Waals surface area (Å²) >= 11 is 0. The number of aromatic amines is 1. The summed E-state index contributed by atoms with van der Waals surface area (Å²) in [6.45, 7) is -2.63. The van der Waals surface area contributed by atoms with Gasteiger partial charge in [-0.25, -0.2) is 4.79 Å². The highest BCUT2D eigenvalue weighted by atomic mass is 19.3. The molecule has 2 aromatic rings. The van der Waals surface area contributed by atoms with Gasteiger partial charge in [0.05, 0.1) is 6.61 Å². The first-order chi connectivity index (χ1) is 10.5. The van der Waals surface area contributed by atoms with Gasteiger partial charge < -0.3 is 10.1 Å². The van der Waals surface area contributed by atoms with Gasteiger partial charge in [0.15, 0.2) is 5.82 Å². The highest BCUT2D eigenvalue weighted by molar-refractivity contribution is 5.92. The van der Waals surface area contributed by atoms with Crippen LogP contribution < -0.4 is 11.1 Å². The van der Waals surface area contributed by atoms with Gasteiger partial charge in [0, 0.05) is 12.7 Å². The van der Waals surface area contributed by atoms with E-state index >= 15 is 0 Å². The molecule has 0 saturated carbocycles. The lowest BCUT2D eigenvalue weighted by atomic mass is 10.4. The van der Waals surface area contributed by atoms with E-state index in [0.717, 1.165) is 0 Å². The van der Waals surface area contributed by atoms with Crippen molar-refractivity contribution in [2.45, 2.75) is 19.6 Å². The molecule has 11 heteroatoms. The molecular weight excluding hydrogens is 304 g/mol. The third kappa shape index (κ3) is 4.77. The first-order valence-electron chi connectivity index (χ1n) is 6.31. The lowest BCUT2D eigenvalue weighted by molar-refractivity contribution is -0.128. The van der Waals surface area contributed by atoms with Crippen molar-refractivity contribution in [3.63, 3.8) is 0 Å². The molecule has 0 aliphatic rings. The maximum Gasteiger partial charge on any atom is 0.438 e. The summed E-state index contributed by atoms with van der Waals surface area (Å²) in [5, 5.41) is 9.98. The minimum absolute atomic E-state index is 0.140. The van der Waals surface area contributed by atoms with Crippen molar-refractivity contribution in [1.29, 1.82) is 0 Å². The Hall–Kier alpha value is -2.56. The second kappa shape index (κ2) is 7.45. The molecule has 0 fully saturated rings. The predicted molar refractivity (Wildman–Crippen MR) is 67.4 cm³/mol. The highest BCUT2D eigenvalue weighted by Crippen LogP contribution is 1.99. The summed E-state index contributed by atoms with van der Waals surface area (Å²) in [7, 11) is 0. The zero-order valence-corrected chi connectivity index (χ0v) is 11.3. The van der Waals surface area contributed by atoms with E-state index in [0.29, 0.717) is 0 Å². The fourth-order valence-electron chi connectivity index (χ4n) is 1.59. The number of amides is 1. The molecule has 0 bridgehead atoms. The van der Waals surface area contributed by atoms with Crippen LogP contribution in [0.3, 0.4) is 0 Å². The number of halogens is 2. The molecule has 2 N–H and O–H groups in total. The van der Waals surface area contributed by atoms with Gasteiger partial charge in [0.1, 0.15) is 12.2 Å². The normalized spacial score (nSPS) is 11.0. The molecule has 9 nitrogen and oxygen atoms in total. The maximum atomic E-state index is 11.7. The van der Waals surface area contributed by atoms with Gasteiger partial charge in [-0.3, -0.25) is 19.0 Å². The van der Waals surface area contributed by atoms with Crippen molar-refractivity contribution in [2.24, 2.45) is 0 Å². The molecule has 2 rings (SSSR count). The Labute approximate surface area is 122 Å². The molecule has 1 amide bonds. The van der Waals surface area contributed by atoms with Gasteiger partial charge in [-0.05, 0) is 12.5 Å². The van der Waals surface area contributed by atoms with Crippen LogP contribution in [0.5, 0.6) is 0 Å². The number of aromatic nitrogens is 4. The molecule has 2 aromatic heterocycles. The number of H-pyrrole nitrogens is 1. The van der Waals surface area contributed by atoms with Crippen LogP contribution in [-0.4, -0.2) is 45.6 Å². The van der Waals surface area contributed by atoms with E-state index in [1.165, 1.54) is 16.9 Å². The molecule has 0 unspecified atom stereocenters. The molecule has 0 spiro atoms. The van der Waals surface area contributed by atoms with E-state index in [-0.39, 0.29) is 37.6 Å². The number of alkyl halides is 2. The minimum atomic E-state index is -2.81. The Bertz CT molecular complexity index is 665. The summed E-state index contributed by atoms with van der Waals surface area (Å²) in [5.41, 5.74) is 0.153. The Kier molecular flexibility index (Phi) is 5.36. The number of ether oxygens (including phenoxy) is 1. The molecule has 0 radical (unpaired) electrons. The third-order valence-corrected chi connectivity index (χ3v) is 2.52. The zero-order chi connectivity index (χ0) is 15.9. The van der Waals surface area contributed by atoms with Crippen LogP contribution in [-0.2, 0) is 11.3 Å². The average molecular weight is 317 g/mol.